The molecule has 0 bridgehead atoms. The van der Waals surface area contributed by atoms with Crippen molar-refractivity contribution < 1.29 is 19.1 Å². The normalized spacial score (nSPS) is 14.1. The summed E-state index contributed by atoms with van der Waals surface area (Å²) in [6, 6.07) is 27.3. The van der Waals surface area contributed by atoms with Crippen LogP contribution in [0.15, 0.2) is 101 Å². The monoisotopic (exact) mass is 680 g/mol. The number of thiophene rings is 1. The number of nitrogens with one attached hydrogen (secondary N) is 1. The molecule has 10 nitrogen and oxygen atoms in total. The summed E-state index contributed by atoms with van der Waals surface area (Å²) in [6.07, 6.45) is 1.38. The van der Waals surface area contributed by atoms with Gasteiger partial charge in [-0.25, -0.2) is 5.01 Å². The highest BCUT2D eigenvalue weighted by Crippen LogP contribution is 2.35. The molecule has 0 fully saturated rings. The Morgan fingerprint density at radius 3 is 2.40 bits per heavy atom. The number of aryl methyl sites for hydroxylation is 2. The number of amides is 2. The number of thioether (sulfide) groups is 1. The largest absolute Gasteiger partial charge is 0.497 e. The van der Waals surface area contributed by atoms with E-state index < -0.39 is 0 Å². The molecular formula is C36H36N6O4S2. The Balaban J connectivity index is 1.20. The fraction of sp³-hybridized carbons (Fsp3) is 0.250. The van der Waals surface area contributed by atoms with Crippen molar-refractivity contribution in [2.24, 2.45) is 5.10 Å². The quantitative estimate of drug-likeness (QED) is 0.145. The summed E-state index contributed by atoms with van der Waals surface area (Å²) >= 11 is 2.95. The average Bonchev–Trinajstić information content (AvgIpc) is 3.90. The predicted molar refractivity (Wildman–Crippen MR) is 188 cm³/mol. The fourth-order valence-electron chi connectivity index (χ4n) is 5.44. The van der Waals surface area contributed by atoms with E-state index in [4.69, 9.17) is 14.6 Å². The number of aromatic nitrogens is 3. The van der Waals surface area contributed by atoms with Crippen LogP contribution in [0.3, 0.4) is 0 Å². The Kier molecular flexibility index (Phi) is 10.5. The minimum Gasteiger partial charge on any atom is -0.497 e. The Hall–Kier alpha value is -4.94. The highest BCUT2D eigenvalue weighted by molar-refractivity contribution is 7.99. The molecule has 48 heavy (non-hydrogen) atoms. The molecule has 0 saturated heterocycles. The van der Waals surface area contributed by atoms with E-state index in [1.54, 1.807) is 34.5 Å². The van der Waals surface area contributed by atoms with Gasteiger partial charge in [0.15, 0.2) is 11.0 Å². The first-order valence-corrected chi connectivity index (χ1v) is 17.4. The molecule has 6 rings (SSSR count). The second kappa shape index (κ2) is 15.3. The highest BCUT2D eigenvalue weighted by atomic mass is 32.2. The fourth-order valence-corrected chi connectivity index (χ4v) is 7.00. The van der Waals surface area contributed by atoms with Crippen LogP contribution < -0.4 is 14.8 Å². The first-order valence-electron chi connectivity index (χ1n) is 15.5. The van der Waals surface area contributed by atoms with Crippen molar-refractivity contribution in [3.63, 3.8) is 0 Å². The third kappa shape index (κ3) is 7.77. The molecule has 1 aliphatic rings. The van der Waals surface area contributed by atoms with Crippen molar-refractivity contribution in [1.82, 2.24) is 25.1 Å². The molecule has 2 aromatic heterocycles. The number of carbonyl (C=O) groups excluding carboxylic acids is 2. The number of hydrogen-bond donors (Lipinski definition) is 1. The Morgan fingerprint density at radius 2 is 1.71 bits per heavy atom. The van der Waals surface area contributed by atoms with Crippen LogP contribution in [0.25, 0.3) is 0 Å². The predicted octanol–water partition coefficient (Wildman–Crippen LogP) is 6.31. The summed E-state index contributed by atoms with van der Waals surface area (Å²) in [5, 5.41) is 20.9. The topological polar surface area (TPSA) is 111 Å². The van der Waals surface area contributed by atoms with Gasteiger partial charge >= 0.3 is 0 Å². The smallest absolute Gasteiger partial charge is 0.253 e. The Bertz CT molecular complexity index is 1870. The van der Waals surface area contributed by atoms with Crippen molar-refractivity contribution in [1.29, 1.82) is 0 Å². The molecule has 0 saturated carbocycles. The maximum Gasteiger partial charge on any atom is 0.253 e. The summed E-state index contributed by atoms with van der Waals surface area (Å²) in [5.74, 6) is 1.33. The van der Waals surface area contributed by atoms with Crippen LogP contribution in [0.1, 0.15) is 50.2 Å². The van der Waals surface area contributed by atoms with Crippen molar-refractivity contribution in [2.45, 2.75) is 44.1 Å². The van der Waals surface area contributed by atoms with E-state index in [-0.39, 0.29) is 30.2 Å². The van der Waals surface area contributed by atoms with Gasteiger partial charge in [0.05, 0.1) is 43.1 Å². The van der Waals surface area contributed by atoms with Crippen LogP contribution in [0.2, 0.25) is 0 Å². The van der Waals surface area contributed by atoms with E-state index in [0.717, 1.165) is 33.7 Å². The molecule has 3 aromatic carbocycles. The van der Waals surface area contributed by atoms with Gasteiger partial charge in [-0.15, -0.1) is 21.5 Å². The average molecular weight is 681 g/mol. The van der Waals surface area contributed by atoms with Crippen molar-refractivity contribution in [3.8, 4) is 11.5 Å². The summed E-state index contributed by atoms with van der Waals surface area (Å²) in [6.45, 7) is 2.77. The summed E-state index contributed by atoms with van der Waals surface area (Å²) < 4.78 is 12.6. The number of hydrogen-bond acceptors (Lipinski definition) is 9. The zero-order chi connectivity index (χ0) is 33.5. The maximum atomic E-state index is 13.8. The molecule has 246 valence electrons. The van der Waals surface area contributed by atoms with Gasteiger partial charge in [0.1, 0.15) is 11.5 Å². The van der Waals surface area contributed by atoms with E-state index in [9.17, 15) is 9.59 Å². The number of benzene rings is 3. The first-order chi connectivity index (χ1) is 23.4. The Labute approximate surface area is 287 Å². The van der Waals surface area contributed by atoms with Crippen LogP contribution >= 0.6 is 23.1 Å². The number of hydrazone groups is 1. The maximum absolute atomic E-state index is 13.8. The van der Waals surface area contributed by atoms with Crippen LogP contribution in [-0.4, -0.2) is 57.3 Å². The number of carbonyl (C=O) groups is 2. The van der Waals surface area contributed by atoms with Crippen molar-refractivity contribution >= 4 is 40.6 Å². The van der Waals surface area contributed by atoms with Crippen molar-refractivity contribution in [2.75, 3.05) is 20.0 Å². The van der Waals surface area contributed by atoms with Crippen LogP contribution in [0, 0.1) is 6.92 Å². The van der Waals surface area contributed by atoms with Crippen LogP contribution in [0.5, 0.6) is 11.5 Å². The molecule has 3 heterocycles. The van der Waals surface area contributed by atoms with E-state index in [2.05, 4.69) is 58.8 Å². The summed E-state index contributed by atoms with van der Waals surface area (Å²) in [4.78, 5) is 28.0. The van der Waals surface area contributed by atoms with Gasteiger partial charge < -0.3 is 19.4 Å². The van der Waals surface area contributed by atoms with Crippen LogP contribution in [-0.2, 0) is 24.3 Å². The number of nitrogens with zero attached hydrogens (tertiary/aromatic N) is 5. The van der Waals surface area contributed by atoms with Gasteiger partial charge in [-0.3, -0.25) is 9.59 Å². The molecule has 2 amide bonds. The van der Waals surface area contributed by atoms with Gasteiger partial charge in [0.2, 0.25) is 0 Å². The standard InChI is InChI=1S/C36H36N6O4S2/c1-24-11-13-26(14-12-24)31-21-30(32-10-7-17-47-32)40-42(31)34(43)23-48-36-39-38-33(41(36)16-15-25-8-5-4-6-9-25)22-37-35(44)27-18-28(45-2)20-29(19-27)46-3/h4-14,17-20,31H,15-16,21-23H2,1-3H3,(H,37,44)/t31-/m0/s1. The van der Waals surface area contributed by atoms with E-state index in [1.807, 2.05) is 40.3 Å². The third-order valence-corrected chi connectivity index (χ3v) is 9.91. The lowest BCUT2D eigenvalue weighted by Gasteiger charge is -2.22. The molecule has 0 radical (unpaired) electrons. The number of rotatable bonds is 13. The molecule has 0 spiro atoms. The molecule has 5 aromatic rings. The van der Waals surface area contributed by atoms with Crippen molar-refractivity contribution in [3.05, 3.63) is 123 Å². The van der Waals surface area contributed by atoms with E-state index >= 15 is 0 Å². The van der Waals surface area contributed by atoms with E-state index in [0.29, 0.717) is 41.0 Å². The number of methoxy groups -OCH3 is 2. The van der Waals surface area contributed by atoms with Gasteiger partial charge in [-0.1, -0.05) is 78.0 Å². The molecule has 1 aliphatic heterocycles. The zero-order valence-electron chi connectivity index (χ0n) is 27.0. The second-order valence-corrected chi connectivity index (χ2v) is 13.1. The molecule has 12 heteroatoms. The van der Waals surface area contributed by atoms with Gasteiger partial charge in [0, 0.05) is 24.6 Å². The highest BCUT2D eigenvalue weighted by Gasteiger charge is 2.33. The van der Waals surface area contributed by atoms with Crippen LogP contribution in [0.4, 0.5) is 0 Å². The Morgan fingerprint density at radius 1 is 0.958 bits per heavy atom. The van der Waals surface area contributed by atoms with E-state index in [1.165, 1.54) is 26.0 Å². The number of ether oxygens (including phenoxy) is 2. The van der Waals surface area contributed by atoms with Gasteiger partial charge in [-0.2, -0.15) is 5.10 Å². The minimum atomic E-state index is -0.301. The molecule has 1 atom stereocenters. The minimum absolute atomic E-state index is 0.114. The van der Waals surface area contributed by atoms with Gasteiger partial charge in [0.25, 0.3) is 11.8 Å². The molecule has 1 N–H and O–H groups in total. The lowest BCUT2D eigenvalue weighted by atomic mass is 10.00. The molecule has 0 aliphatic carbocycles. The zero-order valence-corrected chi connectivity index (χ0v) is 28.6. The summed E-state index contributed by atoms with van der Waals surface area (Å²) in [5.41, 5.74) is 4.68. The third-order valence-electron chi connectivity index (χ3n) is 8.04. The second-order valence-electron chi connectivity index (χ2n) is 11.3. The lowest BCUT2D eigenvalue weighted by molar-refractivity contribution is -0.130. The van der Waals surface area contributed by atoms with Gasteiger partial charge in [-0.05, 0) is 48.1 Å². The molecular weight excluding hydrogens is 645 g/mol. The lowest BCUT2D eigenvalue weighted by Crippen LogP contribution is -2.28. The SMILES string of the molecule is COc1cc(OC)cc(C(=O)NCc2nnc(SCC(=O)N3N=C(c4cccs4)C[C@H]3c3ccc(C)cc3)n2CCc2ccccc2)c1. The molecule has 0 unspecified atom stereocenters. The summed E-state index contributed by atoms with van der Waals surface area (Å²) in [7, 11) is 3.08. The first kappa shape index (κ1) is 33.0.